The molecule has 6 heteroatoms. The largest absolute Gasteiger partial charge is 0.444 e. The fourth-order valence-corrected chi connectivity index (χ4v) is 1.26. The third kappa shape index (κ3) is 1.71. The van der Waals surface area contributed by atoms with E-state index < -0.39 is 0 Å². The quantitative estimate of drug-likeness (QED) is 0.892. The topological polar surface area (TPSA) is 78.1 Å². The predicted octanol–water partition coefficient (Wildman–Crippen LogP) is 2.11. The molecule has 0 bridgehead atoms. The fraction of sp³-hybridized carbons (Fsp3) is 0.250. The lowest BCUT2D eigenvalue weighted by Gasteiger charge is -1.92. The van der Waals surface area contributed by atoms with E-state index in [1.807, 2.05) is 0 Å². The summed E-state index contributed by atoms with van der Waals surface area (Å²) in [5, 5.41) is 3.71. The highest BCUT2D eigenvalue weighted by molar-refractivity contribution is 9.10. The van der Waals surface area contributed by atoms with Crippen LogP contribution in [0.5, 0.6) is 0 Å². The van der Waals surface area contributed by atoms with Crippen LogP contribution in [0.1, 0.15) is 18.8 Å². The number of halogens is 1. The lowest BCUT2D eigenvalue weighted by molar-refractivity contribution is 0.404. The first-order chi connectivity index (χ1) is 6.66. The van der Waals surface area contributed by atoms with E-state index in [0.717, 1.165) is 0 Å². The molecule has 2 N–H and O–H groups in total. The number of nitrogens with zero attached hydrogens (tertiary/aromatic N) is 2. The lowest BCUT2D eigenvalue weighted by Crippen LogP contribution is -2.06. The van der Waals surface area contributed by atoms with E-state index in [2.05, 4.69) is 26.1 Å². The molecule has 0 radical (unpaired) electrons. The van der Waals surface area contributed by atoms with Crippen molar-refractivity contribution >= 4 is 15.9 Å². The Morgan fingerprint density at radius 3 is 2.79 bits per heavy atom. The van der Waals surface area contributed by atoms with Crippen LogP contribution in [0.4, 0.5) is 0 Å². The highest BCUT2D eigenvalue weighted by Crippen LogP contribution is 2.23. The molecule has 0 fully saturated rings. The Kier molecular flexibility index (Phi) is 2.39. The zero-order chi connectivity index (χ0) is 10.1. The van der Waals surface area contributed by atoms with Crippen molar-refractivity contribution in [1.29, 1.82) is 0 Å². The summed E-state index contributed by atoms with van der Waals surface area (Å²) in [6.07, 6.45) is 0. The molecule has 74 valence electrons. The minimum absolute atomic E-state index is 0.245. The van der Waals surface area contributed by atoms with Crippen molar-refractivity contribution < 1.29 is 8.94 Å². The van der Waals surface area contributed by atoms with E-state index in [-0.39, 0.29) is 6.04 Å². The molecule has 5 nitrogen and oxygen atoms in total. The Bertz CT molecular complexity index is 435. The second-order valence-electron chi connectivity index (χ2n) is 2.85. The van der Waals surface area contributed by atoms with Gasteiger partial charge in [0.05, 0.1) is 6.04 Å². The molecule has 0 amide bonds. The summed E-state index contributed by atoms with van der Waals surface area (Å²) in [5.41, 5.74) is 5.59. The van der Waals surface area contributed by atoms with Crippen LogP contribution in [0.2, 0.25) is 0 Å². The molecule has 0 aromatic carbocycles. The summed E-state index contributed by atoms with van der Waals surface area (Å²) in [6, 6.07) is 3.25. The Morgan fingerprint density at radius 1 is 1.50 bits per heavy atom. The normalized spacial score (nSPS) is 13.1. The molecular weight excluding hydrogens is 250 g/mol. The third-order valence-corrected chi connectivity index (χ3v) is 2.06. The van der Waals surface area contributed by atoms with Crippen LogP contribution in [0.25, 0.3) is 11.7 Å². The van der Waals surface area contributed by atoms with Crippen molar-refractivity contribution in [2.45, 2.75) is 13.0 Å². The highest BCUT2D eigenvalue weighted by atomic mass is 79.9. The summed E-state index contributed by atoms with van der Waals surface area (Å²) in [6.45, 7) is 1.78. The van der Waals surface area contributed by atoms with Gasteiger partial charge in [0, 0.05) is 0 Å². The van der Waals surface area contributed by atoms with Gasteiger partial charge >= 0.3 is 0 Å². The average Bonchev–Trinajstić information content (AvgIpc) is 2.70. The summed E-state index contributed by atoms with van der Waals surface area (Å²) < 4.78 is 10.8. The van der Waals surface area contributed by atoms with Gasteiger partial charge in [-0.25, -0.2) is 0 Å². The van der Waals surface area contributed by atoms with Crippen molar-refractivity contribution in [3.05, 3.63) is 22.6 Å². The second kappa shape index (κ2) is 3.55. The number of hydrogen-bond donors (Lipinski definition) is 1. The average molecular weight is 258 g/mol. The van der Waals surface area contributed by atoms with Gasteiger partial charge in [-0.1, -0.05) is 5.16 Å². The van der Waals surface area contributed by atoms with Crippen LogP contribution >= 0.6 is 15.9 Å². The first-order valence-electron chi connectivity index (χ1n) is 4.01. The van der Waals surface area contributed by atoms with Gasteiger partial charge in [0.15, 0.2) is 16.3 Å². The zero-order valence-corrected chi connectivity index (χ0v) is 8.98. The van der Waals surface area contributed by atoms with Gasteiger partial charge in [0.1, 0.15) is 0 Å². The van der Waals surface area contributed by atoms with Gasteiger partial charge in [-0.05, 0) is 35.0 Å². The first kappa shape index (κ1) is 9.42. The number of rotatable bonds is 2. The van der Waals surface area contributed by atoms with Gasteiger partial charge in [0.2, 0.25) is 0 Å². The van der Waals surface area contributed by atoms with E-state index in [1.165, 1.54) is 0 Å². The maximum absolute atomic E-state index is 5.59. The van der Waals surface area contributed by atoms with Crippen molar-refractivity contribution in [2.24, 2.45) is 5.73 Å². The van der Waals surface area contributed by atoms with E-state index >= 15 is 0 Å². The molecule has 1 unspecified atom stereocenters. The maximum atomic E-state index is 5.59. The summed E-state index contributed by atoms with van der Waals surface area (Å²) in [7, 11) is 0. The summed E-state index contributed by atoms with van der Waals surface area (Å²) in [4.78, 5) is 4.08. The fourth-order valence-electron chi connectivity index (χ4n) is 0.949. The van der Waals surface area contributed by atoms with Crippen LogP contribution in [-0.4, -0.2) is 10.1 Å². The SMILES string of the molecule is CC(N)c1noc(-c2ccc(Br)o2)n1. The van der Waals surface area contributed by atoms with Crippen LogP contribution < -0.4 is 5.73 Å². The van der Waals surface area contributed by atoms with Gasteiger partial charge < -0.3 is 14.7 Å². The molecule has 0 aliphatic heterocycles. The maximum Gasteiger partial charge on any atom is 0.293 e. The van der Waals surface area contributed by atoms with E-state index in [4.69, 9.17) is 14.7 Å². The molecule has 1 atom stereocenters. The third-order valence-electron chi connectivity index (χ3n) is 1.63. The van der Waals surface area contributed by atoms with E-state index in [0.29, 0.717) is 22.1 Å². The van der Waals surface area contributed by atoms with Crippen molar-refractivity contribution in [3.63, 3.8) is 0 Å². The van der Waals surface area contributed by atoms with E-state index in [1.54, 1.807) is 19.1 Å². The van der Waals surface area contributed by atoms with Gasteiger partial charge in [-0.3, -0.25) is 0 Å². The number of aromatic nitrogens is 2. The minimum atomic E-state index is -0.245. The lowest BCUT2D eigenvalue weighted by atomic mass is 10.3. The first-order valence-corrected chi connectivity index (χ1v) is 4.81. The number of nitrogens with two attached hydrogens (primary N) is 1. The molecule has 2 aromatic rings. The zero-order valence-electron chi connectivity index (χ0n) is 7.40. The molecule has 2 aromatic heterocycles. The van der Waals surface area contributed by atoms with Gasteiger partial charge in [-0.15, -0.1) is 0 Å². The van der Waals surface area contributed by atoms with Crippen molar-refractivity contribution in [2.75, 3.05) is 0 Å². The molecular formula is C8H8BrN3O2. The van der Waals surface area contributed by atoms with Gasteiger partial charge in [-0.2, -0.15) is 4.98 Å². The van der Waals surface area contributed by atoms with Crippen molar-refractivity contribution in [1.82, 2.24) is 10.1 Å². The molecule has 0 aliphatic rings. The second-order valence-corrected chi connectivity index (χ2v) is 3.63. The van der Waals surface area contributed by atoms with Crippen LogP contribution in [0.3, 0.4) is 0 Å². The summed E-state index contributed by atoms with van der Waals surface area (Å²) in [5.74, 6) is 1.33. The molecule has 0 spiro atoms. The van der Waals surface area contributed by atoms with Gasteiger partial charge in [0.25, 0.3) is 5.89 Å². The van der Waals surface area contributed by atoms with Crippen molar-refractivity contribution in [3.8, 4) is 11.7 Å². The van der Waals surface area contributed by atoms with Crippen LogP contribution in [0.15, 0.2) is 25.7 Å². The molecule has 0 saturated carbocycles. The summed E-state index contributed by atoms with van der Waals surface area (Å²) >= 11 is 3.18. The minimum Gasteiger partial charge on any atom is -0.444 e. The van der Waals surface area contributed by atoms with Crippen LogP contribution in [-0.2, 0) is 0 Å². The predicted molar refractivity (Wildman–Crippen MR) is 52.3 cm³/mol. The van der Waals surface area contributed by atoms with E-state index in [9.17, 15) is 0 Å². The number of hydrogen-bond acceptors (Lipinski definition) is 5. The molecule has 2 heterocycles. The smallest absolute Gasteiger partial charge is 0.293 e. The monoisotopic (exact) mass is 257 g/mol. The standard InChI is InChI=1S/C8H8BrN3O2/c1-4(10)7-11-8(14-12-7)5-2-3-6(9)13-5/h2-4H,10H2,1H3. The Morgan fingerprint density at radius 2 is 2.29 bits per heavy atom. The Balaban J connectivity index is 2.33. The molecule has 2 rings (SSSR count). The Labute approximate surface area is 88.4 Å². The highest BCUT2D eigenvalue weighted by Gasteiger charge is 2.14. The molecule has 14 heavy (non-hydrogen) atoms. The van der Waals surface area contributed by atoms with Crippen LogP contribution in [0, 0.1) is 0 Å². The number of furan rings is 1. The molecule has 0 saturated heterocycles. The molecule has 0 aliphatic carbocycles. The Hall–Kier alpha value is -1.14.